The van der Waals surface area contributed by atoms with Crippen LogP contribution in [0.25, 0.3) is 0 Å². The summed E-state index contributed by atoms with van der Waals surface area (Å²) in [6, 6.07) is 0.0758. The van der Waals surface area contributed by atoms with Crippen LogP contribution < -0.4 is 10.7 Å². The Morgan fingerprint density at radius 1 is 1.05 bits per heavy atom. The number of carbonyl (C=O) groups excluding carboxylic acids is 1. The Hall–Kier alpha value is -0.700. The van der Waals surface area contributed by atoms with Crippen molar-refractivity contribution in [3.63, 3.8) is 0 Å². The Kier molecular flexibility index (Phi) is 18.9. The number of carbonyl (C=O) groups is 1. The van der Waals surface area contributed by atoms with Gasteiger partial charge in [-0.25, -0.2) is 0 Å². The lowest BCUT2D eigenvalue weighted by atomic mass is 9.97. The van der Waals surface area contributed by atoms with Crippen LogP contribution >= 0.6 is 0 Å². The number of likely N-dealkylation sites (N-methyl/N-ethyl adjacent to an activating group) is 1. The number of hydrogen-bond acceptors (Lipinski definition) is 2. The second-order valence-electron chi connectivity index (χ2n) is 6.15. The number of Topliss-reactive ketones (excluding diaryl/α,β-unsaturated/α-hetero) is 1. The monoisotopic (exact) mass is 301 g/mol. The topological polar surface area (TPSA) is 54.7 Å². The van der Waals surface area contributed by atoms with Crippen LogP contribution in [0, 0.1) is 11.8 Å². The van der Waals surface area contributed by atoms with Gasteiger partial charge in [-0.2, -0.15) is 0 Å². The molecule has 3 heteroatoms. The van der Waals surface area contributed by atoms with Crippen LogP contribution in [0.2, 0.25) is 0 Å². The van der Waals surface area contributed by atoms with E-state index in [2.05, 4.69) is 26.1 Å². The van der Waals surface area contributed by atoms with Gasteiger partial charge in [0, 0.05) is 18.8 Å². The number of unbranched alkanes of at least 4 members (excludes halogenated alkanes) is 3. The van der Waals surface area contributed by atoms with Gasteiger partial charge in [0.15, 0.2) is 5.78 Å². The third-order valence-electron chi connectivity index (χ3n) is 3.52. The van der Waals surface area contributed by atoms with Gasteiger partial charge in [-0.15, -0.1) is 0 Å². The molecule has 0 aromatic heterocycles. The van der Waals surface area contributed by atoms with Crippen LogP contribution in [-0.2, 0) is 4.79 Å². The molecule has 1 atom stereocenters. The highest BCUT2D eigenvalue weighted by Crippen LogP contribution is 2.09. The van der Waals surface area contributed by atoms with Crippen molar-refractivity contribution < 1.29 is 10.2 Å². The fraction of sp³-hybridized carbons (Fsp3) is 0.889. The van der Waals surface area contributed by atoms with E-state index in [0.29, 0.717) is 11.7 Å². The zero-order valence-corrected chi connectivity index (χ0v) is 14.8. The second-order valence-corrected chi connectivity index (χ2v) is 6.15. The molecule has 0 bridgehead atoms. The molecular formula is C18H41N2O+. The summed E-state index contributed by atoms with van der Waals surface area (Å²) in [6.07, 6.45) is 5.94. The average molecular weight is 302 g/mol. The highest BCUT2D eigenvalue weighted by atomic mass is 16.1. The van der Waals surface area contributed by atoms with Gasteiger partial charge in [-0.3, -0.25) is 10.2 Å². The van der Waals surface area contributed by atoms with Crippen LogP contribution in [0.3, 0.4) is 0 Å². The Bertz CT molecular complexity index is 260. The van der Waals surface area contributed by atoms with E-state index in [1.807, 2.05) is 27.8 Å². The molecular weight excluding hydrogens is 260 g/mol. The first-order valence-corrected chi connectivity index (χ1v) is 8.07. The van der Waals surface area contributed by atoms with E-state index < -0.39 is 0 Å². The van der Waals surface area contributed by atoms with Crippen molar-refractivity contribution in [3.8, 4) is 0 Å². The largest absolute Gasteiger partial charge is 0.311 e. The number of hydrogen-bond donors (Lipinski definition) is 2. The Morgan fingerprint density at radius 3 is 1.81 bits per heavy atom. The molecule has 0 saturated carbocycles. The summed E-state index contributed by atoms with van der Waals surface area (Å²) in [7, 11) is 1.88. The first-order chi connectivity index (χ1) is 9.27. The number of rotatable bonds is 9. The second kappa shape index (κ2) is 15.7. The predicted octanol–water partition coefficient (Wildman–Crippen LogP) is 3.27. The van der Waals surface area contributed by atoms with Crippen molar-refractivity contribution in [2.75, 3.05) is 7.05 Å². The molecule has 0 rings (SSSR count). The van der Waals surface area contributed by atoms with Gasteiger partial charge < -0.3 is 5.32 Å². The fourth-order valence-corrected chi connectivity index (χ4v) is 1.61. The Labute approximate surface area is 133 Å². The van der Waals surface area contributed by atoms with E-state index in [1.54, 1.807) is 0 Å². The van der Waals surface area contributed by atoms with Crippen molar-refractivity contribution in [2.45, 2.75) is 87.1 Å². The zero-order valence-electron chi connectivity index (χ0n) is 14.8. The van der Waals surface area contributed by atoms with E-state index in [4.69, 9.17) is 5.41 Å². The molecule has 0 amide bonds. The summed E-state index contributed by atoms with van der Waals surface area (Å²) in [5, 5.41) is 8.46. The molecule has 21 heavy (non-hydrogen) atoms. The minimum Gasteiger partial charge on any atom is -0.311 e. The highest BCUT2D eigenvalue weighted by Gasteiger charge is 2.18. The van der Waals surface area contributed by atoms with E-state index in [-0.39, 0.29) is 19.4 Å². The third-order valence-corrected chi connectivity index (χ3v) is 3.52. The van der Waals surface area contributed by atoms with E-state index in [0.717, 1.165) is 18.6 Å². The molecule has 0 radical (unpaired) electrons. The smallest absolute Gasteiger partial charge is 0.152 e. The quantitative estimate of drug-likeness (QED) is 0.507. The van der Waals surface area contributed by atoms with Gasteiger partial charge in [-0.1, -0.05) is 67.7 Å². The lowest BCUT2D eigenvalue weighted by Crippen LogP contribution is -2.40. The molecule has 0 aromatic rings. The molecule has 0 spiro atoms. The van der Waals surface area contributed by atoms with E-state index in [1.165, 1.54) is 19.3 Å². The van der Waals surface area contributed by atoms with Crippen LogP contribution in [0.5, 0.6) is 0 Å². The molecule has 0 aromatic carbocycles. The summed E-state index contributed by atoms with van der Waals surface area (Å²) in [5.41, 5.74) is 1.01. The van der Waals surface area contributed by atoms with Gasteiger partial charge >= 0.3 is 0 Å². The molecule has 1 unspecified atom stereocenters. The SMILES string of the molecule is C.CC(=[NH2+])C(C)C.CCCCCCC(NC)C(=O)C(C)C. The zero-order chi connectivity index (χ0) is 16.1. The Morgan fingerprint density at radius 2 is 1.52 bits per heavy atom. The van der Waals surface area contributed by atoms with Crippen LogP contribution in [0.1, 0.15) is 81.1 Å². The van der Waals surface area contributed by atoms with Gasteiger partial charge in [0.25, 0.3) is 0 Å². The minimum atomic E-state index is 0. The van der Waals surface area contributed by atoms with E-state index in [9.17, 15) is 4.79 Å². The maximum absolute atomic E-state index is 11.7. The van der Waals surface area contributed by atoms with Crippen LogP contribution in [-0.4, -0.2) is 24.6 Å². The lowest BCUT2D eigenvalue weighted by Gasteiger charge is -2.16. The summed E-state index contributed by atoms with van der Waals surface area (Å²) in [5.74, 6) is 1.05. The number of nitrogens with two attached hydrogens (primary N) is 1. The molecule has 0 aliphatic rings. The molecule has 128 valence electrons. The molecule has 3 N–H and O–H groups in total. The third kappa shape index (κ3) is 15.5. The average Bonchev–Trinajstić information content (AvgIpc) is 2.38. The molecule has 0 aliphatic carbocycles. The molecule has 0 fully saturated rings. The van der Waals surface area contributed by atoms with Crippen LogP contribution in [0.15, 0.2) is 0 Å². The summed E-state index contributed by atoms with van der Waals surface area (Å²) in [4.78, 5) is 11.7. The van der Waals surface area contributed by atoms with Gasteiger partial charge in [0.2, 0.25) is 0 Å². The van der Waals surface area contributed by atoms with Crippen LogP contribution in [0.4, 0.5) is 0 Å². The van der Waals surface area contributed by atoms with Crippen molar-refractivity contribution in [1.82, 2.24) is 5.32 Å². The fourth-order valence-electron chi connectivity index (χ4n) is 1.61. The summed E-state index contributed by atoms with van der Waals surface area (Å²) >= 11 is 0. The summed E-state index contributed by atoms with van der Waals surface area (Å²) < 4.78 is 0. The first-order valence-electron chi connectivity index (χ1n) is 8.07. The van der Waals surface area contributed by atoms with Gasteiger partial charge in [-0.05, 0) is 13.5 Å². The maximum atomic E-state index is 11.7. The minimum absolute atomic E-state index is 0. The van der Waals surface area contributed by atoms with Gasteiger partial charge in [0.05, 0.1) is 6.04 Å². The normalized spacial score (nSPS) is 11.5. The van der Waals surface area contributed by atoms with Crippen molar-refractivity contribution in [3.05, 3.63) is 0 Å². The Balaban J connectivity index is -0.000000394. The lowest BCUT2D eigenvalue weighted by molar-refractivity contribution is -0.124. The predicted molar refractivity (Wildman–Crippen MR) is 95.6 cm³/mol. The standard InChI is InChI=1S/C12H25NO.C5H11N.CH4/c1-5-6-7-8-9-11(13-4)12(14)10(2)3;1-4(2)5(3)6;/h10-11,13H,5-9H2,1-4H3;4,6H,1-3H3;1H4/p+1. The van der Waals surface area contributed by atoms with Crippen molar-refractivity contribution in [1.29, 1.82) is 0 Å². The van der Waals surface area contributed by atoms with Gasteiger partial charge in [0.1, 0.15) is 5.71 Å². The number of ketones is 1. The van der Waals surface area contributed by atoms with Crippen molar-refractivity contribution in [2.24, 2.45) is 11.8 Å². The molecule has 3 nitrogen and oxygen atoms in total. The molecule has 0 saturated heterocycles. The summed E-state index contributed by atoms with van der Waals surface area (Å²) in [6.45, 7) is 12.2. The number of nitrogens with one attached hydrogen (secondary N) is 1. The molecule has 0 aliphatic heterocycles. The first kappa shape index (κ1) is 25.3. The van der Waals surface area contributed by atoms with Crippen molar-refractivity contribution >= 4 is 11.5 Å². The highest BCUT2D eigenvalue weighted by molar-refractivity contribution is 5.85. The maximum Gasteiger partial charge on any atom is 0.152 e. The molecule has 0 heterocycles. The van der Waals surface area contributed by atoms with E-state index >= 15 is 0 Å².